The lowest BCUT2D eigenvalue weighted by Gasteiger charge is -2.34. The van der Waals surface area contributed by atoms with E-state index in [1.54, 1.807) is 0 Å². The third-order valence-corrected chi connectivity index (χ3v) is 7.08. The topological polar surface area (TPSA) is 127 Å². The number of ether oxygens (including phenoxy) is 2. The second kappa shape index (κ2) is 11.9. The quantitative estimate of drug-likeness (QED) is 0.169. The Morgan fingerprint density at radius 1 is 0.477 bits per heavy atom. The van der Waals surface area contributed by atoms with Gasteiger partial charge in [0.15, 0.2) is 0 Å². The fourth-order valence-corrected chi connectivity index (χ4v) is 3.61. The highest BCUT2D eigenvalue weighted by molar-refractivity contribution is 7.87. The van der Waals surface area contributed by atoms with Gasteiger partial charge in [0.2, 0.25) is 0 Å². The van der Waals surface area contributed by atoms with Gasteiger partial charge in [-0.3, -0.25) is 9.11 Å². The zero-order valence-corrected chi connectivity index (χ0v) is 22.0. The van der Waals surface area contributed by atoms with Gasteiger partial charge in [0.25, 0.3) is 0 Å². The Bertz CT molecular complexity index is 1280. The van der Waals surface area contributed by atoms with Gasteiger partial charge < -0.3 is 9.47 Å². The molecule has 8 nitrogen and oxygen atoms in total. The van der Waals surface area contributed by atoms with Gasteiger partial charge in [-0.15, -0.1) is 0 Å². The Balaban J connectivity index is 2.89. The maximum atomic E-state index is 13.6. The fourth-order valence-electron chi connectivity index (χ4n) is 2.70. The highest BCUT2D eigenvalue weighted by Gasteiger charge is 2.86. The molecule has 0 saturated heterocycles. The second-order valence-corrected chi connectivity index (χ2v) is 11.3. The minimum Gasteiger partial charge on any atom is -0.315 e. The molecule has 0 aliphatic heterocycles. The van der Waals surface area contributed by atoms with Crippen molar-refractivity contribution in [2.45, 2.75) is 59.3 Å². The van der Waals surface area contributed by atoms with E-state index in [2.05, 4.69) is 9.47 Å². The maximum Gasteiger partial charge on any atom is 0.438 e. The minimum atomic E-state index is -7.42. The molecule has 0 heterocycles. The third-order valence-electron chi connectivity index (χ3n) is 5.27. The van der Waals surface area contributed by atoms with Gasteiger partial charge in [0.05, 0.1) is 13.2 Å². The standard InChI is InChI=1S/C18H14F16O8S2/c19-11(20,13(23,24)17(31,32)43(35,36)37)15(27,28)41-7-5-9-1-2-10(4-3-9)6-8-42-16(29,30)12(21,22)14(25,26)18(33,34)44(38,39)40/h1-4H,5-8H2,(H,35,36,37)(H,38,39,40). The molecule has 2 N–H and O–H groups in total. The van der Waals surface area contributed by atoms with Crippen LogP contribution in [0.25, 0.3) is 0 Å². The van der Waals surface area contributed by atoms with E-state index in [-0.39, 0.29) is 11.1 Å². The molecule has 0 saturated carbocycles. The normalized spacial score (nSPS) is 15.5. The van der Waals surface area contributed by atoms with Gasteiger partial charge in [-0.05, 0) is 24.0 Å². The van der Waals surface area contributed by atoms with Crippen LogP contribution in [0.1, 0.15) is 11.1 Å². The molecule has 44 heavy (non-hydrogen) atoms. The van der Waals surface area contributed by atoms with E-state index in [1.165, 1.54) is 0 Å². The summed E-state index contributed by atoms with van der Waals surface area (Å²) >= 11 is 0. The lowest BCUT2D eigenvalue weighted by atomic mass is 10.1. The smallest absolute Gasteiger partial charge is 0.315 e. The van der Waals surface area contributed by atoms with Gasteiger partial charge in [0, 0.05) is 0 Å². The van der Waals surface area contributed by atoms with Crippen molar-refractivity contribution in [1.82, 2.24) is 0 Å². The van der Waals surface area contributed by atoms with E-state index in [9.17, 15) is 87.1 Å². The number of alkyl halides is 16. The van der Waals surface area contributed by atoms with Crippen LogP contribution in [0.2, 0.25) is 0 Å². The summed E-state index contributed by atoms with van der Waals surface area (Å²) in [6.45, 7) is -3.36. The number of benzene rings is 1. The Labute approximate surface area is 234 Å². The van der Waals surface area contributed by atoms with Gasteiger partial charge in [-0.1, -0.05) is 24.3 Å². The molecule has 0 aliphatic carbocycles. The van der Waals surface area contributed by atoms with Crippen molar-refractivity contribution in [2.24, 2.45) is 0 Å². The molecule has 1 aromatic carbocycles. The van der Waals surface area contributed by atoms with E-state index in [1.807, 2.05) is 0 Å². The van der Waals surface area contributed by atoms with Crippen LogP contribution in [0.5, 0.6) is 0 Å². The molecule has 0 fully saturated rings. The van der Waals surface area contributed by atoms with Gasteiger partial charge in [-0.2, -0.15) is 87.1 Å². The Hall–Kier alpha value is -2.16. The number of hydrogen-bond donors (Lipinski definition) is 2. The first-order chi connectivity index (χ1) is 19.2. The molecule has 0 spiro atoms. The predicted octanol–water partition coefficient (Wildman–Crippen LogP) is 5.49. The first-order valence-corrected chi connectivity index (χ1v) is 13.4. The molecule has 0 radical (unpaired) electrons. The van der Waals surface area contributed by atoms with Gasteiger partial charge >= 0.3 is 66.7 Å². The summed E-state index contributed by atoms with van der Waals surface area (Å²) < 4.78 is 278. The first kappa shape index (κ1) is 39.9. The number of halogens is 16. The van der Waals surface area contributed by atoms with Crippen LogP contribution >= 0.6 is 0 Å². The zero-order chi connectivity index (χ0) is 35.2. The first-order valence-electron chi connectivity index (χ1n) is 10.5. The van der Waals surface area contributed by atoms with Crippen molar-refractivity contribution in [3.8, 4) is 0 Å². The molecule has 26 heteroatoms. The summed E-state index contributed by atoms with van der Waals surface area (Å²) in [5.74, 6) is -29.3. The van der Waals surface area contributed by atoms with Crippen LogP contribution in [0, 0.1) is 0 Å². The summed E-state index contributed by atoms with van der Waals surface area (Å²) in [4.78, 5) is 0. The molecule has 258 valence electrons. The molecular weight excluding hydrogens is 712 g/mol. The van der Waals surface area contributed by atoms with Crippen LogP contribution < -0.4 is 0 Å². The van der Waals surface area contributed by atoms with Crippen molar-refractivity contribution < 1.29 is 106 Å². The largest absolute Gasteiger partial charge is 0.438 e. The lowest BCUT2D eigenvalue weighted by molar-refractivity contribution is -0.417. The molecule has 0 amide bonds. The van der Waals surface area contributed by atoms with E-state index >= 15 is 0 Å². The monoisotopic (exact) mass is 726 g/mol. The highest BCUT2D eigenvalue weighted by Crippen LogP contribution is 2.55. The molecule has 0 aromatic heterocycles. The molecule has 0 atom stereocenters. The summed E-state index contributed by atoms with van der Waals surface area (Å²) in [6, 6.07) is 3.24. The Morgan fingerprint density at radius 3 is 0.909 bits per heavy atom. The molecule has 1 aromatic rings. The van der Waals surface area contributed by atoms with Crippen molar-refractivity contribution in [3.63, 3.8) is 0 Å². The Morgan fingerprint density at radius 2 is 0.705 bits per heavy atom. The molecular formula is C18H14F16O8S2. The average Bonchev–Trinajstić information content (AvgIpc) is 2.82. The maximum absolute atomic E-state index is 13.6. The van der Waals surface area contributed by atoms with E-state index < -0.39 is 92.7 Å². The second-order valence-electron chi connectivity index (χ2n) is 8.33. The molecule has 0 aliphatic rings. The third kappa shape index (κ3) is 6.82. The predicted molar refractivity (Wildman–Crippen MR) is 108 cm³/mol. The van der Waals surface area contributed by atoms with Gasteiger partial charge in [-0.25, -0.2) is 0 Å². The van der Waals surface area contributed by atoms with E-state index in [0.717, 1.165) is 24.3 Å². The van der Waals surface area contributed by atoms with Crippen LogP contribution in [0.4, 0.5) is 70.2 Å². The summed E-state index contributed by atoms with van der Waals surface area (Å²) in [7, 11) is -14.7. The molecule has 1 rings (SSSR count). The van der Waals surface area contributed by atoms with E-state index in [4.69, 9.17) is 9.11 Å². The van der Waals surface area contributed by atoms with Crippen molar-refractivity contribution in [1.29, 1.82) is 0 Å². The summed E-state index contributed by atoms with van der Waals surface area (Å²) in [6.07, 6.45) is -14.9. The van der Waals surface area contributed by atoms with Crippen molar-refractivity contribution >= 4 is 20.2 Å². The lowest BCUT2D eigenvalue weighted by Crippen LogP contribution is -2.65. The fraction of sp³-hybridized carbons (Fsp3) is 0.667. The molecule has 0 unspecified atom stereocenters. The van der Waals surface area contributed by atoms with Crippen molar-refractivity contribution in [2.75, 3.05) is 13.2 Å². The molecule has 0 bridgehead atoms. The summed E-state index contributed by atoms with van der Waals surface area (Å²) in [5.41, 5.74) is -0.513. The zero-order valence-electron chi connectivity index (χ0n) is 20.3. The van der Waals surface area contributed by atoms with Crippen LogP contribution in [0.15, 0.2) is 24.3 Å². The van der Waals surface area contributed by atoms with Gasteiger partial charge in [0.1, 0.15) is 0 Å². The number of hydrogen-bond acceptors (Lipinski definition) is 6. The van der Waals surface area contributed by atoms with Crippen LogP contribution in [0.3, 0.4) is 0 Å². The van der Waals surface area contributed by atoms with Crippen molar-refractivity contribution in [3.05, 3.63) is 35.4 Å². The van der Waals surface area contributed by atoms with E-state index in [0.29, 0.717) is 0 Å². The van der Waals surface area contributed by atoms with Crippen LogP contribution in [-0.2, 0) is 42.6 Å². The number of rotatable bonds is 16. The SMILES string of the molecule is O=S(=O)(O)C(F)(F)C(F)(F)C(F)(F)C(F)(F)OCCc1ccc(CCOC(F)(F)C(F)(F)C(F)(F)C(F)(F)S(=O)(=O)O)cc1. The minimum absolute atomic E-state index is 0.257. The Kier molecular flexibility index (Phi) is 10.8. The van der Waals surface area contributed by atoms with Crippen LogP contribution in [-0.4, -0.2) is 85.6 Å². The highest BCUT2D eigenvalue weighted by atomic mass is 32.2. The average molecular weight is 726 g/mol. The summed E-state index contributed by atoms with van der Waals surface area (Å²) in [5, 5.41) is -14.2.